The lowest BCUT2D eigenvalue weighted by Gasteiger charge is -2.19. The maximum atomic E-state index is 6.02. The van der Waals surface area contributed by atoms with Gasteiger partial charge in [0.05, 0.1) is 0 Å². The Bertz CT molecular complexity index is 496. The average Bonchev–Trinajstić information content (AvgIpc) is 2.93. The molecule has 1 aliphatic rings. The van der Waals surface area contributed by atoms with Crippen LogP contribution in [0.25, 0.3) is 11.0 Å². The molecule has 2 unspecified atom stereocenters. The standard InChI is InChI=1S/C16H21NO/c1-11(2)9-14-13(7-8-17-14)16-10-12-5-3-4-6-15(12)18-16/h3-6,10-11,13-14,17H,7-9H2,1-2H3. The van der Waals surface area contributed by atoms with Gasteiger partial charge in [0, 0.05) is 17.3 Å². The van der Waals surface area contributed by atoms with Gasteiger partial charge in [-0.1, -0.05) is 32.0 Å². The lowest BCUT2D eigenvalue weighted by atomic mass is 9.91. The Labute approximate surface area is 108 Å². The molecule has 2 heteroatoms. The predicted octanol–water partition coefficient (Wildman–Crippen LogP) is 3.92. The van der Waals surface area contributed by atoms with Gasteiger partial charge in [-0.3, -0.25) is 0 Å². The van der Waals surface area contributed by atoms with Crippen molar-refractivity contribution >= 4 is 11.0 Å². The minimum atomic E-state index is 0.541. The third-order valence-corrected chi connectivity index (χ3v) is 3.88. The van der Waals surface area contributed by atoms with Crippen molar-refractivity contribution in [2.75, 3.05) is 6.54 Å². The van der Waals surface area contributed by atoms with E-state index in [2.05, 4.69) is 43.4 Å². The molecule has 0 radical (unpaired) electrons. The summed E-state index contributed by atoms with van der Waals surface area (Å²) >= 11 is 0. The zero-order chi connectivity index (χ0) is 12.5. The summed E-state index contributed by atoms with van der Waals surface area (Å²) in [4.78, 5) is 0. The second-order valence-electron chi connectivity index (χ2n) is 5.77. The van der Waals surface area contributed by atoms with E-state index in [1.165, 1.54) is 18.2 Å². The van der Waals surface area contributed by atoms with Crippen LogP contribution < -0.4 is 5.32 Å². The molecule has 1 aromatic carbocycles. The first-order valence-corrected chi connectivity index (χ1v) is 6.96. The lowest BCUT2D eigenvalue weighted by Crippen LogP contribution is -2.27. The minimum Gasteiger partial charge on any atom is -0.461 e. The van der Waals surface area contributed by atoms with Gasteiger partial charge in [-0.2, -0.15) is 0 Å². The monoisotopic (exact) mass is 243 g/mol. The van der Waals surface area contributed by atoms with Crippen molar-refractivity contribution in [2.24, 2.45) is 5.92 Å². The quantitative estimate of drug-likeness (QED) is 0.883. The Morgan fingerprint density at radius 2 is 2.17 bits per heavy atom. The second kappa shape index (κ2) is 4.77. The van der Waals surface area contributed by atoms with Crippen molar-refractivity contribution in [1.82, 2.24) is 5.32 Å². The molecule has 1 aliphatic heterocycles. The molecule has 2 aromatic rings. The molecule has 18 heavy (non-hydrogen) atoms. The molecule has 1 saturated heterocycles. The van der Waals surface area contributed by atoms with Crippen LogP contribution in [-0.2, 0) is 0 Å². The summed E-state index contributed by atoms with van der Waals surface area (Å²) in [6, 6.07) is 11.1. The third-order valence-electron chi connectivity index (χ3n) is 3.88. The molecule has 0 aliphatic carbocycles. The highest BCUT2D eigenvalue weighted by Gasteiger charge is 2.30. The van der Waals surface area contributed by atoms with Crippen LogP contribution in [0, 0.1) is 5.92 Å². The van der Waals surface area contributed by atoms with E-state index in [1.807, 2.05) is 6.07 Å². The molecule has 2 heterocycles. The first-order valence-electron chi connectivity index (χ1n) is 6.96. The van der Waals surface area contributed by atoms with Crippen LogP contribution in [0.1, 0.15) is 38.4 Å². The predicted molar refractivity (Wildman–Crippen MR) is 74.8 cm³/mol. The van der Waals surface area contributed by atoms with E-state index in [-0.39, 0.29) is 0 Å². The number of para-hydroxylation sites is 1. The number of hydrogen-bond acceptors (Lipinski definition) is 2. The lowest BCUT2D eigenvalue weighted by molar-refractivity contribution is 0.394. The fraction of sp³-hybridized carbons (Fsp3) is 0.500. The molecule has 0 bridgehead atoms. The molecule has 2 nitrogen and oxygen atoms in total. The largest absolute Gasteiger partial charge is 0.461 e. The van der Waals surface area contributed by atoms with Crippen molar-refractivity contribution in [1.29, 1.82) is 0 Å². The van der Waals surface area contributed by atoms with Crippen molar-refractivity contribution in [3.63, 3.8) is 0 Å². The van der Waals surface area contributed by atoms with Gasteiger partial charge >= 0.3 is 0 Å². The number of hydrogen-bond donors (Lipinski definition) is 1. The summed E-state index contributed by atoms with van der Waals surface area (Å²) in [5.41, 5.74) is 1.02. The molecular formula is C16H21NO. The van der Waals surface area contributed by atoms with Crippen molar-refractivity contribution < 1.29 is 4.42 Å². The smallest absolute Gasteiger partial charge is 0.134 e. The van der Waals surface area contributed by atoms with E-state index >= 15 is 0 Å². The molecule has 0 saturated carbocycles. The number of benzene rings is 1. The van der Waals surface area contributed by atoms with Crippen LogP contribution in [0.3, 0.4) is 0 Å². The Morgan fingerprint density at radius 1 is 1.33 bits per heavy atom. The Hall–Kier alpha value is -1.28. The van der Waals surface area contributed by atoms with Gasteiger partial charge in [0.1, 0.15) is 11.3 Å². The van der Waals surface area contributed by atoms with Crippen molar-refractivity contribution in [2.45, 2.75) is 38.6 Å². The van der Waals surface area contributed by atoms with Crippen LogP contribution in [-0.4, -0.2) is 12.6 Å². The van der Waals surface area contributed by atoms with E-state index in [4.69, 9.17) is 4.42 Å². The molecule has 0 spiro atoms. The van der Waals surface area contributed by atoms with Crippen LogP contribution in [0.4, 0.5) is 0 Å². The summed E-state index contributed by atoms with van der Waals surface area (Å²) < 4.78 is 6.02. The normalized spacial score (nSPS) is 24.2. The topological polar surface area (TPSA) is 25.2 Å². The summed E-state index contributed by atoms with van der Waals surface area (Å²) in [5.74, 6) is 2.43. The van der Waals surface area contributed by atoms with Gasteiger partial charge in [-0.25, -0.2) is 0 Å². The minimum absolute atomic E-state index is 0.541. The summed E-state index contributed by atoms with van der Waals surface area (Å²) in [7, 11) is 0. The second-order valence-corrected chi connectivity index (χ2v) is 5.77. The van der Waals surface area contributed by atoms with Gasteiger partial charge in [0.2, 0.25) is 0 Å². The SMILES string of the molecule is CC(C)CC1NCCC1c1cc2ccccc2o1. The van der Waals surface area contributed by atoms with Gasteiger partial charge in [0.25, 0.3) is 0 Å². The zero-order valence-corrected chi connectivity index (χ0v) is 11.1. The highest BCUT2D eigenvalue weighted by atomic mass is 16.3. The van der Waals surface area contributed by atoms with Gasteiger partial charge in [-0.15, -0.1) is 0 Å². The maximum Gasteiger partial charge on any atom is 0.134 e. The molecular weight excluding hydrogens is 222 g/mol. The van der Waals surface area contributed by atoms with E-state index in [0.717, 1.165) is 23.8 Å². The molecule has 3 rings (SSSR count). The number of furan rings is 1. The molecule has 96 valence electrons. The Balaban J connectivity index is 1.88. The Morgan fingerprint density at radius 3 is 2.94 bits per heavy atom. The summed E-state index contributed by atoms with van der Waals surface area (Å²) in [5, 5.41) is 4.85. The maximum absolute atomic E-state index is 6.02. The number of rotatable bonds is 3. The van der Waals surface area contributed by atoms with Gasteiger partial charge in [-0.05, 0) is 37.4 Å². The first kappa shape index (κ1) is 11.8. The summed E-state index contributed by atoms with van der Waals surface area (Å²) in [6.07, 6.45) is 2.42. The van der Waals surface area contributed by atoms with E-state index in [1.54, 1.807) is 0 Å². The molecule has 0 amide bonds. The highest BCUT2D eigenvalue weighted by molar-refractivity contribution is 5.77. The molecule has 1 fully saturated rings. The number of fused-ring (bicyclic) bond motifs is 1. The van der Waals surface area contributed by atoms with Crippen LogP contribution in [0.5, 0.6) is 0 Å². The van der Waals surface area contributed by atoms with Gasteiger partial charge in [0.15, 0.2) is 0 Å². The van der Waals surface area contributed by atoms with Crippen molar-refractivity contribution in [3.05, 3.63) is 36.1 Å². The van der Waals surface area contributed by atoms with Crippen LogP contribution >= 0.6 is 0 Å². The van der Waals surface area contributed by atoms with Gasteiger partial charge < -0.3 is 9.73 Å². The van der Waals surface area contributed by atoms with Crippen molar-refractivity contribution in [3.8, 4) is 0 Å². The highest BCUT2D eigenvalue weighted by Crippen LogP contribution is 2.34. The number of nitrogens with one attached hydrogen (secondary N) is 1. The Kier molecular flexibility index (Phi) is 3.13. The zero-order valence-electron chi connectivity index (χ0n) is 11.1. The fourth-order valence-corrected chi connectivity index (χ4v) is 3.05. The molecule has 2 atom stereocenters. The van der Waals surface area contributed by atoms with Crippen LogP contribution in [0.15, 0.2) is 34.7 Å². The van der Waals surface area contributed by atoms with E-state index < -0.39 is 0 Å². The molecule has 1 N–H and O–H groups in total. The summed E-state index contributed by atoms with van der Waals surface area (Å²) in [6.45, 7) is 5.69. The van der Waals surface area contributed by atoms with Crippen LogP contribution in [0.2, 0.25) is 0 Å². The van der Waals surface area contributed by atoms with E-state index in [0.29, 0.717) is 12.0 Å². The van der Waals surface area contributed by atoms with E-state index in [9.17, 15) is 0 Å². The average molecular weight is 243 g/mol. The first-order chi connectivity index (χ1) is 8.74. The third kappa shape index (κ3) is 2.17. The fourth-order valence-electron chi connectivity index (χ4n) is 3.05. The molecule has 1 aromatic heterocycles.